The van der Waals surface area contributed by atoms with Gasteiger partial charge in [-0.05, 0) is 12.8 Å². The van der Waals surface area contributed by atoms with Crippen molar-refractivity contribution < 1.29 is 9.59 Å². The number of hydrogen-bond acceptors (Lipinski definition) is 2. The number of carbonyl (C=O) groups is 2. The molecule has 76 valence electrons. The van der Waals surface area contributed by atoms with Gasteiger partial charge in [-0.25, -0.2) is 0 Å². The molecule has 0 aliphatic heterocycles. The third-order valence-electron chi connectivity index (χ3n) is 1.30. The van der Waals surface area contributed by atoms with Gasteiger partial charge in [0.2, 0.25) is 11.6 Å². The molecule has 0 aromatic carbocycles. The van der Waals surface area contributed by atoms with Crippen molar-refractivity contribution in [2.45, 2.75) is 21.4 Å². The molecule has 0 aromatic rings. The lowest BCUT2D eigenvalue weighted by molar-refractivity contribution is -0.135. The first-order chi connectivity index (χ1) is 5.89. The first-order valence-corrected chi connectivity index (χ1v) is 6.51. The average molecular weight is 399 g/mol. The number of carbonyl (C=O) groups excluding carboxylic acids is 2. The highest BCUT2D eigenvalue weighted by molar-refractivity contribution is 9.40. The Balaban J connectivity index is 3.92. The number of hydrogen-bond donors (Lipinski definition) is 0. The van der Waals surface area contributed by atoms with Crippen LogP contribution in [-0.4, -0.2) is 19.6 Å². The zero-order chi connectivity index (χ0) is 10.5. The maximum atomic E-state index is 11.2. The second kappa shape index (κ2) is 6.53. The SMILES string of the molecule is O=C(CCCCCl)C(=O)C(Br)(Br)Br. The van der Waals surface area contributed by atoms with E-state index in [2.05, 4.69) is 47.8 Å². The van der Waals surface area contributed by atoms with Gasteiger partial charge in [-0.15, -0.1) is 11.6 Å². The predicted molar refractivity (Wildman–Crippen MR) is 64.1 cm³/mol. The third-order valence-corrected chi connectivity index (χ3v) is 2.65. The van der Waals surface area contributed by atoms with Crippen molar-refractivity contribution in [1.82, 2.24) is 0 Å². The highest BCUT2D eigenvalue weighted by Gasteiger charge is 2.33. The summed E-state index contributed by atoms with van der Waals surface area (Å²) in [4.78, 5) is 22.4. The number of halogens is 4. The van der Waals surface area contributed by atoms with Crippen LogP contribution >= 0.6 is 59.4 Å². The van der Waals surface area contributed by atoms with Crippen LogP contribution < -0.4 is 0 Å². The lowest BCUT2D eigenvalue weighted by atomic mass is 10.1. The lowest BCUT2D eigenvalue weighted by Gasteiger charge is -2.08. The van der Waals surface area contributed by atoms with Crippen LogP contribution in [0.3, 0.4) is 0 Å². The largest absolute Gasteiger partial charge is 0.291 e. The first-order valence-electron chi connectivity index (χ1n) is 3.60. The second-order valence-corrected chi connectivity index (χ2v) is 9.54. The highest BCUT2D eigenvalue weighted by Crippen LogP contribution is 2.34. The van der Waals surface area contributed by atoms with Gasteiger partial charge in [0.05, 0.1) is 0 Å². The van der Waals surface area contributed by atoms with Gasteiger partial charge in [-0.2, -0.15) is 0 Å². The summed E-state index contributed by atoms with van der Waals surface area (Å²) >= 11 is 14.4. The number of unbranched alkanes of at least 4 members (excludes halogenated alkanes) is 1. The van der Waals surface area contributed by atoms with Crippen LogP contribution in [0.2, 0.25) is 0 Å². The molecule has 0 unspecified atom stereocenters. The van der Waals surface area contributed by atoms with Gasteiger partial charge in [0.1, 0.15) is 0 Å². The van der Waals surface area contributed by atoms with E-state index in [4.69, 9.17) is 11.6 Å². The molecule has 0 spiro atoms. The summed E-state index contributed by atoms with van der Waals surface area (Å²) in [6.07, 6.45) is 1.65. The molecule has 2 nitrogen and oxygen atoms in total. The van der Waals surface area contributed by atoms with Crippen molar-refractivity contribution >= 4 is 71.0 Å². The Morgan fingerprint density at radius 3 is 2.08 bits per heavy atom. The third kappa shape index (κ3) is 6.20. The van der Waals surface area contributed by atoms with Gasteiger partial charge >= 0.3 is 0 Å². The Morgan fingerprint density at radius 1 is 1.15 bits per heavy atom. The number of alkyl halides is 4. The van der Waals surface area contributed by atoms with Crippen molar-refractivity contribution in [3.05, 3.63) is 0 Å². The summed E-state index contributed by atoms with van der Waals surface area (Å²) in [7, 11) is 0. The summed E-state index contributed by atoms with van der Waals surface area (Å²) in [5.41, 5.74) is 0. The van der Waals surface area contributed by atoms with E-state index in [9.17, 15) is 9.59 Å². The van der Waals surface area contributed by atoms with Gasteiger partial charge in [0.15, 0.2) is 2.14 Å². The molecule has 0 rings (SSSR count). The Morgan fingerprint density at radius 2 is 1.69 bits per heavy atom. The normalized spacial score (nSPS) is 11.4. The molecule has 0 atom stereocenters. The van der Waals surface area contributed by atoms with Crippen molar-refractivity contribution in [2.75, 3.05) is 5.88 Å². The van der Waals surface area contributed by atoms with E-state index in [0.717, 1.165) is 6.42 Å². The molecule has 0 saturated carbocycles. The minimum Gasteiger partial charge on any atom is -0.291 e. The fourth-order valence-corrected chi connectivity index (χ4v) is 1.50. The Bertz CT molecular complexity index is 200. The van der Waals surface area contributed by atoms with Gasteiger partial charge in [-0.3, -0.25) is 9.59 Å². The summed E-state index contributed by atoms with van der Waals surface area (Å²) in [6, 6.07) is 0. The smallest absolute Gasteiger partial charge is 0.236 e. The quantitative estimate of drug-likeness (QED) is 0.404. The van der Waals surface area contributed by atoms with Gasteiger partial charge in [0, 0.05) is 12.3 Å². The summed E-state index contributed by atoms with van der Waals surface area (Å²) in [5.74, 6) is -0.415. The van der Waals surface area contributed by atoms with Crippen LogP contribution in [0.5, 0.6) is 0 Å². The fourth-order valence-electron chi connectivity index (χ4n) is 0.652. The minimum absolute atomic E-state index is 0.246. The van der Waals surface area contributed by atoms with E-state index < -0.39 is 13.7 Å². The molecule has 0 fully saturated rings. The van der Waals surface area contributed by atoms with Crippen LogP contribution in [0.4, 0.5) is 0 Å². The topological polar surface area (TPSA) is 34.1 Å². The van der Waals surface area contributed by atoms with Crippen LogP contribution in [-0.2, 0) is 9.59 Å². The fraction of sp³-hybridized carbons (Fsp3) is 0.714. The number of Topliss-reactive ketones (excluding diaryl/α,β-unsaturated/α-hetero) is 2. The van der Waals surface area contributed by atoms with Gasteiger partial charge in [0.25, 0.3) is 0 Å². The van der Waals surface area contributed by atoms with E-state index in [1.165, 1.54) is 0 Å². The van der Waals surface area contributed by atoms with Gasteiger partial charge < -0.3 is 0 Å². The Labute approximate surface area is 107 Å². The number of ketones is 2. The minimum atomic E-state index is -1.11. The second-order valence-electron chi connectivity index (χ2n) is 2.40. The van der Waals surface area contributed by atoms with Crippen LogP contribution in [0.15, 0.2) is 0 Å². The maximum Gasteiger partial charge on any atom is 0.236 e. The first kappa shape index (κ1) is 14.1. The molecule has 6 heteroatoms. The molecule has 0 heterocycles. The molecule has 0 saturated heterocycles. The zero-order valence-corrected chi connectivity index (χ0v) is 12.2. The predicted octanol–water partition coefficient (Wildman–Crippen LogP) is 3.37. The summed E-state index contributed by atoms with van der Waals surface area (Å²) < 4.78 is -1.11. The van der Waals surface area contributed by atoms with Crippen molar-refractivity contribution in [3.8, 4) is 0 Å². The Hall–Kier alpha value is 1.07. The molecule has 0 radical (unpaired) electrons. The molecule has 0 aromatic heterocycles. The Kier molecular flexibility index (Phi) is 7.07. The van der Waals surface area contributed by atoms with E-state index >= 15 is 0 Å². The molecule has 13 heavy (non-hydrogen) atoms. The number of rotatable bonds is 5. The maximum absolute atomic E-state index is 11.2. The van der Waals surface area contributed by atoms with E-state index in [-0.39, 0.29) is 6.42 Å². The van der Waals surface area contributed by atoms with Crippen molar-refractivity contribution in [3.63, 3.8) is 0 Å². The molecular formula is C7H8Br3ClO2. The molecule has 0 amide bonds. The van der Waals surface area contributed by atoms with E-state index in [0.29, 0.717) is 12.3 Å². The summed E-state index contributed by atoms with van der Waals surface area (Å²) in [6.45, 7) is 0. The van der Waals surface area contributed by atoms with E-state index in [1.807, 2.05) is 0 Å². The van der Waals surface area contributed by atoms with Crippen molar-refractivity contribution in [1.29, 1.82) is 0 Å². The van der Waals surface area contributed by atoms with Crippen LogP contribution in [0, 0.1) is 0 Å². The van der Waals surface area contributed by atoms with E-state index in [1.54, 1.807) is 0 Å². The molecule has 0 N–H and O–H groups in total. The summed E-state index contributed by atoms with van der Waals surface area (Å²) in [5, 5.41) is 0. The highest BCUT2D eigenvalue weighted by atomic mass is 80.0. The van der Waals surface area contributed by atoms with Crippen LogP contribution in [0.25, 0.3) is 0 Å². The molecular weight excluding hydrogens is 391 g/mol. The average Bonchev–Trinajstić information content (AvgIpc) is 2.01. The monoisotopic (exact) mass is 396 g/mol. The standard InChI is InChI=1S/C7H8Br3ClO2/c8-7(9,10)6(13)5(12)3-1-2-4-11/h1-4H2. The molecule has 0 aliphatic rings. The van der Waals surface area contributed by atoms with Crippen LogP contribution in [0.1, 0.15) is 19.3 Å². The molecule has 0 bridgehead atoms. The lowest BCUT2D eigenvalue weighted by Crippen LogP contribution is -2.26. The molecule has 0 aliphatic carbocycles. The zero-order valence-electron chi connectivity index (χ0n) is 6.66. The van der Waals surface area contributed by atoms with Crippen molar-refractivity contribution in [2.24, 2.45) is 0 Å². The van der Waals surface area contributed by atoms with Gasteiger partial charge in [-0.1, -0.05) is 47.8 Å².